The molecule has 0 unspecified atom stereocenters. The molecular formula is C22H29N3O2. The summed E-state index contributed by atoms with van der Waals surface area (Å²) in [6, 6.07) is 16.2. The molecular weight excluding hydrogens is 338 g/mol. The van der Waals surface area contributed by atoms with Crippen molar-refractivity contribution in [3.8, 4) is 0 Å². The Morgan fingerprint density at radius 1 is 0.778 bits per heavy atom. The minimum Gasteiger partial charge on any atom is -0.399 e. The predicted molar refractivity (Wildman–Crippen MR) is 111 cm³/mol. The molecule has 5 heteroatoms. The molecule has 0 atom stereocenters. The van der Waals surface area contributed by atoms with E-state index in [2.05, 4.69) is 0 Å². The summed E-state index contributed by atoms with van der Waals surface area (Å²) >= 11 is 0. The summed E-state index contributed by atoms with van der Waals surface area (Å²) in [6.45, 7) is 9.26. The van der Waals surface area contributed by atoms with Gasteiger partial charge < -0.3 is 10.6 Å². The molecule has 27 heavy (non-hydrogen) atoms. The molecule has 0 saturated heterocycles. The van der Waals surface area contributed by atoms with Crippen molar-refractivity contribution in [3.63, 3.8) is 0 Å². The third-order valence-corrected chi connectivity index (χ3v) is 4.01. The Balaban J connectivity index is 2.40. The van der Waals surface area contributed by atoms with Gasteiger partial charge in [0.15, 0.2) is 0 Å². The van der Waals surface area contributed by atoms with Crippen LogP contribution in [0.1, 0.15) is 27.7 Å². The van der Waals surface area contributed by atoms with Crippen molar-refractivity contribution in [1.29, 1.82) is 0 Å². The number of rotatable bonds is 6. The molecule has 0 saturated carbocycles. The van der Waals surface area contributed by atoms with Gasteiger partial charge in [0.2, 0.25) is 0 Å². The predicted octanol–water partition coefficient (Wildman–Crippen LogP) is 4.07. The van der Waals surface area contributed by atoms with Crippen LogP contribution < -0.4 is 10.6 Å². The molecule has 0 heterocycles. The summed E-state index contributed by atoms with van der Waals surface area (Å²) in [4.78, 5) is 29.4. The summed E-state index contributed by atoms with van der Waals surface area (Å²) in [5.74, 6) is -0.491. The van der Waals surface area contributed by atoms with Crippen LogP contribution in [-0.4, -0.2) is 29.8 Å². The van der Waals surface area contributed by atoms with Crippen molar-refractivity contribution in [2.45, 2.75) is 27.7 Å². The van der Waals surface area contributed by atoms with Crippen LogP contribution in [0.15, 0.2) is 54.6 Å². The normalized spacial score (nSPS) is 10.9. The van der Waals surface area contributed by atoms with Gasteiger partial charge in [-0.2, -0.15) is 0 Å². The van der Waals surface area contributed by atoms with Crippen LogP contribution in [-0.2, 0) is 9.59 Å². The number of nitrogens with two attached hydrogens (primary N) is 1. The van der Waals surface area contributed by atoms with Crippen LogP contribution >= 0.6 is 0 Å². The number of amides is 2. The van der Waals surface area contributed by atoms with Gasteiger partial charge in [-0.1, -0.05) is 45.9 Å². The van der Waals surface area contributed by atoms with E-state index >= 15 is 0 Å². The molecule has 0 spiro atoms. The van der Waals surface area contributed by atoms with E-state index in [1.165, 1.54) is 4.90 Å². The molecule has 0 aliphatic heterocycles. The number of carbonyl (C=O) groups is 2. The zero-order valence-corrected chi connectivity index (χ0v) is 16.6. The second-order valence-electron chi connectivity index (χ2n) is 7.57. The van der Waals surface area contributed by atoms with E-state index in [-0.39, 0.29) is 11.8 Å². The van der Waals surface area contributed by atoms with Gasteiger partial charge >= 0.3 is 11.8 Å². The van der Waals surface area contributed by atoms with Gasteiger partial charge in [0.25, 0.3) is 0 Å². The Bertz CT molecular complexity index is 745. The monoisotopic (exact) mass is 367 g/mol. The molecule has 2 amide bonds. The zero-order chi connectivity index (χ0) is 20.0. The average Bonchev–Trinajstić information content (AvgIpc) is 2.62. The highest BCUT2D eigenvalue weighted by Gasteiger charge is 2.30. The highest BCUT2D eigenvalue weighted by atomic mass is 16.2. The van der Waals surface area contributed by atoms with E-state index in [0.29, 0.717) is 30.2 Å². The van der Waals surface area contributed by atoms with Gasteiger partial charge in [-0.05, 0) is 48.2 Å². The fourth-order valence-corrected chi connectivity index (χ4v) is 2.94. The highest BCUT2D eigenvalue weighted by Crippen LogP contribution is 2.27. The number of carbonyl (C=O) groups excluding carboxylic acids is 2. The minimum absolute atomic E-state index is 0.280. The van der Waals surface area contributed by atoms with Crippen molar-refractivity contribution < 1.29 is 9.59 Å². The molecule has 2 aromatic carbocycles. The molecule has 0 aliphatic rings. The van der Waals surface area contributed by atoms with E-state index in [1.807, 2.05) is 58.0 Å². The fourth-order valence-electron chi connectivity index (χ4n) is 2.94. The lowest BCUT2D eigenvalue weighted by Crippen LogP contribution is -2.46. The molecule has 0 aliphatic carbocycles. The molecule has 0 aromatic heterocycles. The number of anilines is 3. The smallest absolute Gasteiger partial charge is 0.321 e. The molecule has 2 N–H and O–H groups in total. The van der Waals surface area contributed by atoms with Gasteiger partial charge in [0.1, 0.15) is 0 Å². The number of hydrogen-bond acceptors (Lipinski definition) is 3. The molecule has 144 valence electrons. The van der Waals surface area contributed by atoms with Crippen molar-refractivity contribution in [2.75, 3.05) is 23.7 Å². The third kappa shape index (κ3) is 5.58. The second-order valence-corrected chi connectivity index (χ2v) is 7.57. The minimum atomic E-state index is -0.563. The lowest BCUT2D eigenvalue weighted by molar-refractivity contribution is -0.144. The number of nitrogen functional groups attached to an aromatic ring is 1. The quantitative estimate of drug-likeness (QED) is 0.618. The number of para-hydroxylation sites is 1. The van der Waals surface area contributed by atoms with Crippen LogP contribution in [0.3, 0.4) is 0 Å². The summed E-state index contributed by atoms with van der Waals surface area (Å²) in [5, 5.41) is 0. The third-order valence-electron chi connectivity index (χ3n) is 4.01. The van der Waals surface area contributed by atoms with Gasteiger partial charge in [0, 0.05) is 30.2 Å². The van der Waals surface area contributed by atoms with Crippen LogP contribution in [0.25, 0.3) is 0 Å². The van der Waals surface area contributed by atoms with Gasteiger partial charge in [-0.25, -0.2) is 0 Å². The maximum atomic E-state index is 13.2. The van der Waals surface area contributed by atoms with E-state index in [4.69, 9.17) is 5.73 Å². The summed E-state index contributed by atoms with van der Waals surface area (Å²) in [5.41, 5.74) is 7.65. The van der Waals surface area contributed by atoms with E-state index in [9.17, 15) is 9.59 Å². The Morgan fingerprint density at radius 3 is 1.74 bits per heavy atom. The SMILES string of the molecule is CC(C)CN(CC(C)C)C(=O)C(=O)N(c1ccccc1)c1ccc(N)cc1. The van der Waals surface area contributed by atoms with Crippen LogP contribution in [0.4, 0.5) is 17.1 Å². The van der Waals surface area contributed by atoms with Crippen molar-refractivity contribution in [1.82, 2.24) is 4.90 Å². The highest BCUT2D eigenvalue weighted by molar-refractivity contribution is 6.42. The average molecular weight is 367 g/mol. The lowest BCUT2D eigenvalue weighted by atomic mass is 10.1. The van der Waals surface area contributed by atoms with E-state index in [1.54, 1.807) is 29.2 Å². The number of benzene rings is 2. The van der Waals surface area contributed by atoms with Gasteiger partial charge in [-0.15, -0.1) is 0 Å². The van der Waals surface area contributed by atoms with Crippen molar-refractivity contribution in [2.24, 2.45) is 11.8 Å². The van der Waals surface area contributed by atoms with Crippen molar-refractivity contribution >= 4 is 28.9 Å². The molecule has 2 rings (SSSR count). The van der Waals surface area contributed by atoms with E-state index < -0.39 is 11.8 Å². The maximum absolute atomic E-state index is 13.2. The number of hydrogen-bond donors (Lipinski definition) is 1. The maximum Gasteiger partial charge on any atom is 0.321 e. The molecule has 0 bridgehead atoms. The van der Waals surface area contributed by atoms with Crippen LogP contribution in [0, 0.1) is 11.8 Å². The molecule has 2 aromatic rings. The Kier molecular flexibility index (Phi) is 6.99. The summed E-state index contributed by atoms with van der Waals surface area (Å²) in [7, 11) is 0. The molecule has 5 nitrogen and oxygen atoms in total. The summed E-state index contributed by atoms with van der Waals surface area (Å²) in [6.07, 6.45) is 0. The largest absolute Gasteiger partial charge is 0.399 e. The molecule has 0 radical (unpaired) electrons. The Morgan fingerprint density at radius 2 is 1.26 bits per heavy atom. The Hall–Kier alpha value is -2.82. The van der Waals surface area contributed by atoms with Crippen molar-refractivity contribution in [3.05, 3.63) is 54.6 Å². The first-order valence-electron chi connectivity index (χ1n) is 9.33. The standard InChI is InChI=1S/C22H29N3O2/c1-16(2)14-24(15-17(3)4)21(26)22(27)25(19-8-6-5-7-9-19)20-12-10-18(23)11-13-20/h5-13,16-17H,14-15,23H2,1-4H3. The first-order chi connectivity index (χ1) is 12.8. The lowest BCUT2D eigenvalue weighted by Gasteiger charge is -2.29. The first kappa shape index (κ1) is 20.5. The fraction of sp³-hybridized carbons (Fsp3) is 0.364. The zero-order valence-electron chi connectivity index (χ0n) is 16.6. The summed E-state index contributed by atoms with van der Waals surface area (Å²) < 4.78 is 0. The van der Waals surface area contributed by atoms with Gasteiger partial charge in [0.05, 0.1) is 0 Å². The second kappa shape index (κ2) is 9.21. The van der Waals surface area contributed by atoms with Crippen LogP contribution in [0.5, 0.6) is 0 Å². The first-order valence-corrected chi connectivity index (χ1v) is 9.33. The number of nitrogens with zero attached hydrogens (tertiary/aromatic N) is 2. The topological polar surface area (TPSA) is 66.6 Å². The van der Waals surface area contributed by atoms with Gasteiger partial charge in [-0.3, -0.25) is 14.5 Å². The van der Waals surface area contributed by atoms with E-state index in [0.717, 1.165) is 0 Å². The van der Waals surface area contributed by atoms with Crippen LogP contribution in [0.2, 0.25) is 0 Å². The molecule has 0 fully saturated rings. The Labute approximate surface area is 161 Å².